The number of pyridine rings is 1. The molecule has 1 saturated heterocycles. The third kappa shape index (κ3) is 2.52. The van der Waals surface area contributed by atoms with E-state index in [1.165, 1.54) is 4.90 Å². The van der Waals surface area contributed by atoms with Gasteiger partial charge in [0.25, 0.3) is 5.91 Å². The highest BCUT2D eigenvalue weighted by molar-refractivity contribution is 6.32. The number of carbonyl (C=O) groups excluding carboxylic acids is 2. The van der Waals surface area contributed by atoms with Crippen LogP contribution in [0.25, 0.3) is 10.9 Å². The van der Waals surface area contributed by atoms with Crippen LogP contribution in [0.2, 0.25) is 5.02 Å². The Morgan fingerprint density at radius 1 is 1.08 bits per heavy atom. The molecule has 5 nitrogen and oxygen atoms in total. The number of fused-ring (bicyclic) bond motifs is 1. The summed E-state index contributed by atoms with van der Waals surface area (Å²) in [5.74, 6) is -0.330. The first-order chi connectivity index (χ1) is 12.5. The summed E-state index contributed by atoms with van der Waals surface area (Å²) in [6.07, 6.45) is 1.70. The lowest BCUT2D eigenvalue weighted by molar-refractivity contribution is -0.131. The van der Waals surface area contributed by atoms with E-state index in [0.29, 0.717) is 10.6 Å². The minimum absolute atomic E-state index is 0.152. The second kappa shape index (κ2) is 6.11. The zero-order valence-electron chi connectivity index (χ0n) is 14.1. The zero-order chi connectivity index (χ0) is 18.3. The topological polar surface area (TPSA) is 62.3 Å². The second-order valence-corrected chi connectivity index (χ2v) is 6.83. The Morgan fingerprint density at radius 2 is 1.85 bits per heavy atom. The molecule has 0 saturated carbocycles. The van der Waals surface area contributed by atoms with E-state index in [1.807, 2.05) is 30.3 Å². The lowest BCUT2D eigenvalue weighted by Gasteiger charge is -2.23. The molecule has 130 valence electrons. The van der Waals surface area contributed by atoms with Gasteiger partial charge in [0.15, 0.2) is 0 Å². The fraction of sp³-hybridized carbons (Fsp3) is 0.150. The van der Waals surface area contributed by atoms with Crippen LogP contribution in [0, 0.1) is 0 Å². The van der Waals surface area contributed by atoms with Gasteiger partial charge in [0, 0.05) is 22.2 Å². The van der Waals surface area contributed by atoms with Gasteiger partial charge in [-0.3, -0.25) is 14.7 Å². The van der Waals surface area contributed by atoms with Crippen molar-refractivity contribution in [2.75, 3.05) is 0 Å². The van der Waals surface area contributed by atoms with E-state index in [2.05, 4.69) is 10.3 Å². The van der Waals surface area contributed by atoms with Crippen molar-refractivity contribution in [1.82, 2.24) is 15.2 Å². The van der Waals surface area contributed by atoms with Crippen molar-refractivity contribution in [3.05, 3.63) is 76.9 Å². The van der Waals surface area contributed by atoms with Crippen molar-refractivity contribution in [2.24, 2.45) is 0 Å². The third-order valence-electron chi connectivity index (χ3n) is 4.73. The Labute approximate surface area is 155 Å². The van der Waals surface area contributed by atoms with Crippen LogP contribution < -0.4 is 5.32 Å². The molecule has 1 aliphatic heterocycles. The van der Waals surface area contributed by atoms with Gasteiger partial charge < -0.3 is 5.32 Å². The predicted molar refractivity (Wildman–Crippen MR) is 99.6 cm³/mol. The molecule has 0 radical (unpaired) electrons. The number of amides is 3. The number of aromatic nitrogens is 1. The fourth-order valence-corrected chi connectivity index (χ4v) is 3.68. The molecular weight excluding hydrogens is 350 g/mol. The molecule has 1 aliphatic rings. The quantitative estimate of drug-likeness (QED) is 0.717. The monoisotopic (exact) mass is 365 g/mol. The van der Waals surface area contributed by atoms with Crippen LogP contribution in [0.5, 0.6) is 0 Å². The highest BCUT2D eigenvalue weighted by Gasteiger charge is 2.49. The summed E-state index contributed by atoms with van der Waals surface area (Å²) in [7, 11) is 0. The van der Waals surface area contributed by atoms with Crippen LogP contribution in [-0.2, 0) is 16.9 Å². The van der Waals surface area contributed by atoms with Gasteiger partial charge in [0.1, 0.15) is 5.54 Å². The van der Waals surface area contributed by atoms with E-state index in [-0.39, 0.29) is 12.5 Å². The van der Waals surface area contributed by atoms with Crippen LogP contribution >= 0.6 is 11.6 Å². The first-order valence-electron chi connectivity index (χ1n) is 8.22. The van der Waals surface area contributed by atoms with E-state index in [9.17, 15) is 9.59 Å². The summed E-state index contributed by atoms with van der Waals surface area (Å²) in [5.41, 5.74) is 0.989. The second-order valence-electron chi connectivity index (χ2n) is 6.42. The first kappa shape index (κ1) is 16.5. The molecule has 1 aromatic heterocycles. The average Bonchev–Trinajstić information content (AvgIpc) is 2.86. The number of imide groups is 1. The molecule has 3 amide bonds. The predicted octanol–water partition coefficient (Wildman–Crippen LogP) is 3.86. The third-order valence-corrected chi connectivity index (χ3v) is 5.06. The molecule has 0 unspecified atom stereocenters. The number of halogens is 1. The van der Waals surface area contributed by atoms with Gasteiger partial charge in [-0.25, -0.2) is 4.79 Å². The number of nitrogens with one attached hydrogen (secondary N) is 1. The van der Waals surface area contributed by atoms with E-state index in [4.69, 9.17) is 11.6 Å². The van der Waals surface area contributed by atoms with Gasteiger partial charge in [-0.05, 0) is 24.6 Å². The maximum Gasteiger partial charge on any atom is 0.325 e. The highest BCUT2D eigenvalue weighted by Crippen LogP contribution is 2.34. The van der Waals surface area contributed by atoms with Crippen molar-refractivity contribution in [2.45, 2.75) is 19.0 Å². The SMILES string of the molecule is C[C@]1(c2ccccc2Cl)NC(=O)N(Cc2cccc3cccnc23)C1=O. The molecule has 0 aliphatic carbocycles. The summed E-state index contributed by atoms with van der Waals surface area (Å²) in [6.45, 7) is 1.83. The van der Waals surface area contributed by atoms with Gasteiger partial charge in [-0.1, -0.05) is 54.1 Å². The summed E-state index contributed by atoms with van der Waals surface area (Å²) in [5, 5.41) is 4.19. The van der Waals surface area contributed by atoms with E-state index in [0.717, 1.165) is 16.5 Å². The lowest BCUT2D eigenvalue weighted by atomic mass is 9.92. The number of nitrogens with zero attached hydrogens (tertiary/aromatic N) is 2. The van der Waals surface area contributed by atoms with Gasteiger partial charge >= 0.3 is 6.03 Å². The number of carbonyl (C=O) groups is 2. The number of para-hydroxylation sites is 1. The minimum Gasteiger partial charge on any atom is -0.319 e. The smallest absolute Gasteiger partial charge is 0.319 e. The van der Waals surface area contributed by atoms with Crippen LogP contribution in [0.1, 0.15) is 18.1 Å². The summed E-state index contributed by atoms with van der Waals surface area (Å²) < 4.78 is 0. The van der Waals surface area contributed by atoms with Gasteiger partial charge in [0.2, 0.25) is 0 Å². The molecule has 4 rings (SSSR count). The average molecular weight is 366 g/mol. The maximum absolute atomic E-state index is 13.1. The van der Waals surface area contributed by atoms with E-state index in [1.54, 1.807) is 37.4 Å². The molecule has 26 heavy (non-hydrogen) atoms. The Bertz CT molecular complexity index is 1030. The molecule has 6 heteroatoms. The Balaban J connectivity index is 1.71. The standard InChI is InChI=1S/C20H16ClN3O2/c1-20(15-9-2-3-10-16(15)21)18(25)24(19(26)23-20)12-14-7-4-6-13-8-5-11-22-17(13)14/h2-11H,12H2,1H3,(H,23,26)/t20-/m1/s1. The summed E-state index contributed by atoms with van der Waals surface area (Å²) >= 11 is 6.26. The molecule has 1 fully saturated rings. The van der Waals surface area contributed by atoms with Crippen LogP contribution in [0.15, 0.2) is 60.8 Å². The Morgan fingerprint density at radius 3 is 2.65 bits per heavy atom. The molecule has 1 atom stereocenters. The van der Waals surface area contributed by atoms with Gasteiger partial charge in [-0.2, -0.15) is 0 Å². The Hall–Kier alpha value is -2.92. The van der Waals surface area contributed by atoms with E-state index >= 15 is 0 Å². The molecule has 3 aromatic rings. The number of hydrogen-bond acceptors (Lipinski definition) is 3. The largest absolute Gasteiger partial charge is 0.325 e. The maximum atomic E-state index is 13.1. The van der Waals surface area contributed by atoms with Gasteiger partial charge in [-0.15, -0.1) is 0 Å². The number of hydrogen-bond donors (Lipinski definition) is 1. The van der Waals surface area contributed by atoms with Gasteiger partial charge in [0.05, 0.1) is 12.1 Å². The molecule has 1 N–H and O–H groups in total. The number of urea groups is 1. The number of rotatable bonds is 3. The van der Waals surface area contributed by atoms with E-state index < -0.39 is 11.6 Å². The van der Waals surface area contributed by atoms with Crippen molar-refractivity contribution < 1.29 is 9.59 Å². The Kier molecular flexibility index (Phi) is 3.89. The molecule has 0 bridgehead atoms. The fourth-order valence-electron chi connectivity index (χ4n) is 3.36. The highest BCUT2D eigenvalue weighted by atomic mass is 35.5. The van der Waals surface area contributed by atoms with Crippen LogP contribution in [-0.4, -0.2) is 21.8 Å². The van der Waals surface area contributed by atoms with Crippen LogP contribution in [0.4, 0.5) is 4.79 Å². The molecule has 2 heterocycles. The minimum atomic E-state index is -1.19. The normalized spacial score (nSPS) is 19.8. The number of benzene rings is 2. The zero-order valence-corrected chi connectivity index (χ0v) is 14.8. The molecule has 2 aromatic carbocycles. The van der Waals surface area contributed by atoms with Crippen molar-refractivity contribution in [1.29, 1.82) is 0 Å². The van der Waals surface area contributed by atoms with Crippen molar-refractivity contribution in [3.8, 4) is 0 Å². The summed E-state index contributed by atoms with van der Waals surface area (Å²) in [4.78, 5) is 31.3. The first-order valence-corrected chi connectivity index (χ1v) is 8.60. The molecular formula is C20H16ClN3O2. The van der Waals surface area contributed by atoms with Crippen LogP contribution in [0.3, 0.4) is 0 Å². The molecule has 0 spiro atoms. The van der Waals surface area contributed by atoms with Crippen molar-refractivity contribution >= 4 is 34.4 Å². The van der Waals surface area contributed by atoms with Crippen molar-refractivity contribution in [3.63, 3.8) is 0 Å². The lowest BCUT2D eigenvalue weighted by Crippen LogP contribution is -2.41. The summed E-state index contributed by atoms with van der Waals surface area (Å²) in [6, 6.07) is 16.1.